The summed E-state index contributed by atoms with van der Waals surface area (Å²) in [5, 5.41) is 16.4. The number of amides is 5. The van der Waals surface area contributed by atoms with E-state index in [0.29, 0.717) is 5.69 Å². The van der Waals surface area contributed by atoms with Gasteiger partial charge in [-0.25, -0.2) is 9.78 Å². The minimum Gasteiger partial charge on any atom is -0.480 e. The zero-order valence-electron chi connectivity index (χ0n) is 21.1. The summed E-state index contributed by atoms with van der Waals surface area (Å²) >= 11 is 0. The Morgan fingerprint density at radius 3 is 2.05 bits per heavy atom. The summed E-state index contributed by atoms with van der Waals surface area (Å²) in [6.45, 7) is 0.112. The lowest BCUT2D eigenvalue weighted by Crippen LogP contribution is -2.58. The average Bonchev–Trinajstić information content (AvgIpc) is 3.35. The fraction of sp³-hybridized carbons (Fsp3) is 0.524. The van der Waals surface area contributed by atoms with Gasteiger partial charge in [-0.1, -0.05) is 0 Å². The number of hydrogen-bond acceptors (Lipinski definition) is 9. The number of aliphatic imine (C=N–C) groups is 1. The SMILES string of the molecule is NC(=O)CCC(NC(=O)C(CC(N)=O)NC(=O)C(N)Cc1cnc[nH]1)C(=O)NC(CCCN=C(N)N)C(=O)O. The van der Waals surface area contributed by atoms with Gasteiger partial charge in [0.05, 0.1) is 18.8 Å². The maximum atomic E-state index is 13.0. The van der Waals surface area contributed by atoms with Crippen molar-refractivity contribution in [3.63, 3.8) is 0 Å². The van der Waals surface area contributed by atoms with E-state index in [2.05, 4.69) is 30.9 Å². The van der Waals surface area contributed by atoms with E-state index in [1.54, 1.807) is 0 Å². The molecule has 18 nitrogen and oxygen atoms in total. The fourth-order valence-corrected chi connectivity index (χ4v) is 3.28. The summed E-state index contributed by atoms with van der Waals surface area (Å²) in [6, 6.07) is -5.48. The Morgan fingerprint density at radius 2 is 1.51 bits per heavy atom. The van der Waals surface area contributed by atoms with Crippen molar-refractivity contribution in [2.24, 2.45) is 33.7 Å². The third kappa shape index (κ3) is 12.9. The highest BCUT2D eigenvalue weighted by molar-refractivity contribution is 5.96. The number of H-pyrrole nitrogens is 1. The molecule has 39 heavy (non-hydrogen) atoms. The van der Waals surface area contributed by atoms with Crippen LogP contribution in [0.5, 0.6) is 0 Å². The van der Waals surface area contributed by atoms with E-state index < -0.39 is 66.1 Å². The van der Waals surface area contributed by atoms with Crippen LogP contribution in [0, 0.1) is 0 Å². The average molecular weight is 554 g/mol. The maximum absolute atomic E-state index is 13.0. The first-order chi connectivity index (χ1) is 18.3. The zero-order valence-corrected chi connectivity index (χ0v) is 21.1. The molecule has 216 valence electrons. The predicted molar refractivity (Wildman–Crippen MR) is 136 cm³/mol. The molecule has 0 fully saturated rings. The lowest BCUT2D eigenvalue weighted by molar-refractivity contribution is -0.142. The number of aliphatic carboxylic acids is 1. The topological polar surface area (TPSA) is 330 Å². The first-order valence-electron chi connectivity index (χ1n) is 11.8. The Morgan fingerprint density at radius 1 is 0.897 bits per heavy atom. The number of nitrogens with one attached hydrogen (secondary N) is 4. The van der Waals surface area contributed by atoms with Crippen molar-refractivity contribution in [3.8, 4) is 0 Å². The Labute approximate surface area is 222 Å². The second-order valence-corrected chi connectivity index (χ2v) is 8.53. The summed E-state index contributed by atoms with van der Waals surface area (Å²) in [5.74, 6) is -6.02. The standard InChI is InChI=1S/C21H35N11O7/c22-11(6-10-8-27-9-29-10)17(35)32-14(7-16(24)34)19(37)30-12(3-4-15(23)33)18(36)31-13(20(38)39)2-1-5-28-21(25)26/h8-9,11-14H,1-7,22H2,(H2,23,33)(H2,24,34)(H,27,29)(H,30,37)(H,31,36)(H,32,35)(H,38,39)(H4,25,26,28). The Hall–Kier alpha value is -4.74. The highest BCUT2D eigenvalue weighted by Gasteiger charge is 2.31. The summed E-state index contributed by atoms with van der Waals surface area (Å²) < 4.78 is 0. The van der Waals surface area contributed by atoms with Crippen LogP contribution in [0.3, 0.4) is 0 Å². The van der Waals surface area contributed by atoms with E-state index in [1.165, 1.54) is 12.5 Å². The van der Waals surface area contributed by atoms with Crippen LogP contribution in [0.1, 0.15) is 37.8 Å². The van der Waals surface area contributed by atoms with Crippen molar-refractivity contribution in [1.29, 1.82) is 0 Å². The Kier molecular flexibility index (Phi) is 13.4. The van der Waals surface area contributed by atoms with Crippen molar-refractivity contribution >= 4 is 41.5 Å². The molecule has 0 spiro atoms. The summed E-state index contributed by atoms with van der Waals surface area (Å²) in [4.78, 5) is 83.2. The number of carbonyl (C=O) groups excluding carboxylic acids is 5. The molecule has 0 bridgehead atoms. The third-order valence-corrected chi connectivity index (χ3v) is 5.24. The van der Waals surface area contributed by atoms with Crippen molar-refractivity contribution < 1.29 is 33.9 Å². The number of aromatic nitrogens is 2. The molecule has 5 amide bonds. The second-order valence-electron chi connectivity index (χ2n) is 8.53. The molecule has 0 aliphatic heterocycles. The van der Waals surface area contributed by atoms with Gasteiger partial charge >= 0.3 is 5.97 Å². The Balaban J connectivity index is 2.96. The van der Waals surface area contributed by atoms with Gasteiger partial charge in [0.1, 0.15) is 18.1 Å². The smallest absolute Gasteiger partial charge is 0.326 e. The molecule has 0 saturated heterocycles. The number of carboxylic acid groups (broad SMARTS) is 1. The molecular formula is C21H35N11O7. The lowest BCUT2D eigenvalue weighted by atomic mass is 10.1. The number of imidazole rings is 1. The minimum absolute atomic E-state index is 0.0418. The van der Waals surface area contributed by atoms with E-state index >= 15 is 0 Å². The van der Waals surface area contributed by atoms with Gasteiger partial charge in [0.2, 0.25) is 29.5 Å². The molecule has 4 atom stereocenters. The molecule has 1 aromatic rings. The summed E-state index contributed by atoms with van der Waals surface area (Å²) in [5.41, 5.74) is 27.2. The molecule has 0 aliphatic rings. The second kappa shape index (κ2) is 16.2. The fourth-order valence-electron chi connectivity index (χ4n) is 3.28. The van der Waals surface area contributed by atoms with Gasteiger partial charge in [0.15, 0.2) is 5.96 Å². The zero-order chi connectivity index (χ0) is 29.5. The summed E-state index contributed by atoms with van der Waals surface area (Å²) in [7, 11) is 0. The highest BCUT2D eigenvalue weighted by atomic mass is 16.4. The number of carbonyl (C=O) groups is 6. The number of primary amides is 2. The summed E-state index contributed by atoms with van der Waals surface area (Å²) in [6.07, 6.45) is 1.75. The van der Waals surface area contributed by atoms with Gasteiger partial charge in [0, 0.05) is 31.3 Å². The number of guanidine groups is 1. The van der Waals surface area contributed by atoms with Gasteiger partial charge in [-0.3, -0.25) is 29.0 Å². The number of aromatic amines is 1. The van der Waals surface area contributed by atoms with Gasteiger partial charge in [0.25, 0.3) is 0 Å². The van der Waals surface area contributed by atoms with Crippen LogP contribution >= 0.6 is 0 Å². The van der Waals surface area contributed by atoms with Gasteiger partial charge in [-0.05, 0) is 19.3 Å². The van der Waals surface area contributed by atoms with Crippen molar-refractivity contribution in [2.75, 3.05) is 6.54 Å². The van der Waals surface area contributed by atoms with Crippen molar-refractivity contribution in [2.45, 2.75) is 62.7 Å². The molecule has 4 unspecified atom stereocenters. The van der Waals surface area contributed by atoms with Crippen LogP contribution in [0.4, 0.5) is 0 Å². The van der Waals surface area contributed by atoms with Crippen LogP contribution in [0.2, 0.25) is 0 Å². The molecule has 0 saturated carbocycles. The molecular weight excluding hydrogens is 518 g/mol. The molecule has 1 heterocycles. The predicted octanol–water partition coefficient (Wildman–Crippen LogP) is -4.99. The molecule has 0 aromatic carbocycles. The molecule has 0 radical (unpaired) electrons. The molecule has 18 heteroatoms. The monoisotopic (exact) mass is 553 g/mol. The molecule has 0 aliphatic carbocycles. The number of carboxylic acids is 1. The van der Waals surface area contributed by atoms with E-state index in [0.717, 1.165) is 0 Å². The van der Waals surface area contributed by atoms with Crippen LogP contribution < -0.4 is 44.6 Å². The maximum Gasteiger partial charge on any atom is 0.326 e. The van der Waals surface area contributed by atoms with E-state index in [9.17, 15) is 33.9 Å². The van der Waals surface area contributed by atoms with E-state index in [-0.39, 0.29) is 44.6 Å². The van der Waals surface area contributed by atoms with Crippen molar-refractivity contribution in [3.05, 3.63) is 18.2 Å². The number of rotatable bonds is 18. The molecule has 1 rings (SSSR count). The normalized spacial score (nSPS) is 13.7. The largest absolute Gasteiger partial charge is 0.480 e. The first kappa shape index (κ1) is 32.3. The first-order valence-corrected chi connectivity index (χ1v) is 11.8. The third-order valence-electron chi connectivity index (χ3n) is 5.24. The van der Waals surface area contributed by atoms with E-state index in [4.69, 9.17) is 28.7 Å². The highest BCUT2D eigenvalue weighted by Crippen LogP contribution is 2.05. The number of nitrogens with zero attached hydrogens (tertiary/aromatic N) is 2. The quantitative estimate of drug-likeness (QED) is 0.0466. The number of nitrogens with two attached hydrogens (primary N) is 5. The van der Waals surface area contributed by atoms with Crippen LogP contribution in [-0.2, 0) is 35.2 Å². The minimum atomic E-state index is -1.53. The van der Waals surface area contributed by atoms with Crippen LogP contribution in [0.15, 0.2) is 17.5 Å². The van der Waals surface area contributed by atoms with Gasteiger partial charge in [-0.15, -0.1) is 0 Å². The van der Waals surface area contributed by atoms with Gasteiger partial charge < -0.3 is 54.7 Å². The molecule has 1 aromatic heterocycles. The van der Waals surface area contributed by atoms with Gasteiger partial charge in [-0.2, -0.15) is 0 Å². The lowest BCUT2D eigenvalue weighted by Gasteiger charge is -2.24. The Bertz CT molecular complexity index is 1040. The number of hydrogen-bond donors (Lipinski definition) is 10. The van der Waals surface area contributed by atoms with Crippen molar-refractivity contribution in [1.82, 2.24) is 25.9 Å². The van der Waals surface area contributed by atoms with E-state index in [1.807, 2.05) is 0 Å². The molecule has 15 N–H and O–H groups in total. The van der Waals surface area contributed by atoms with Crippen LogP contribution in [0.25, 0.3) is 0 Å². The van der Waals surface area contributed by atoms with Crippen LogP contribution in [-0.4, -0.2) is 87.3 Å².